The Kier molecular flexibility index (Phi) is 2.95. The largest absolute Gasteiger partial charge is 0.493 e. The molecular formula is C14H16N2O2. The van der Waals surface area contributed by atoms with Gasteiger partial charge in [0.15, 0.2) is 5.78 Å². The third-order valence-corrected chi connectivity index (χ3v) is 2.90. The van der Waals surface area contributed by atoms with E-state index in [0.29, 0.717) is 11.3 Å². The summed E-state index contributed by atoms with van der Waals surface area (Å²) in [6, 6.07) is 5.65. The van der Waals surface area contributed by atoms with Crippen LogP contribution in [0.5, 0.6) is 5.88 Å². The molecule has 0 amide bonds. The van der Waals surface area contributed by atoms with E-state index < -0.39 is 0 Å². The fraction of sp³-hybridized carbons (Fsp3) is 0.286. The molecule has 4 nitrogen and oxygen atoms in total. The summed E-state index contributed by atoms with van der Waals surface area (Å²) in [6.45, 7) is 5.61. The van der Waals surface area contributed by atoms with Gasteiger partial charge in [-0.1, -0.05) is 17.2 Å². The first-order chi connectivity index (χ1) is 8.40. The Morgan fingerprint density at radius 1 is 1.17 bits per heavy atom. The van der Waals surface area contributed by atoms with Crippen molar-refractivity contribution in [2.75, 3.05) is 0 Å². The molecule has 0 unspecified atom stereocenters. The smallest absolute Gasteiger partial charge is 0.220 e. The molecule has 18 heavy (non-hydrogen) atoms. The third-order valence-electron chi connectivity index (χ3n) is 2.90. The zero-order valence-corrected chi connectivity index (χ0v) is 11.0. The molecule has 2 rings (SSSR count). The fourth-order valence-electron chi connectivity index (χ4n) is 2.16. The molecule has 1 heterocycles. The van der Waals surface area contributed by atoms with Crippen molar-refractivity contribution in [1.29, 1.82) is 0 Å². The Morgan fingerprint density at radius 2 is 1.72 bits per heavy atom. The van der Waals surface area contributed by atoms with Crippen molar-refractivity contribution >= 4 is 5.78 Å². The van der Waals surface area contributed by atoms with Crippen LogP contribution in [0.15, 0.2) is 18.2 Å². The number of aromatic hydroxyl groups is 1. The van der Waals surface area contributed by atoms with Gasteiger partial charge in [0.25, 0.3) is 0 Å². The van der Waals surface area contributed by atoms with E-state index >= 15 is 0 Å². The number of benzene rings is 1. The van der Waals surface area contributed by atoms with Gasteiger partial charge in [-0.2, -0.15) is 5.10 Å². The van der Waals surface area contributed by atoms with E-state index in [0.717, 1.165) is 11.1 Å². The number of carbonyl (C=O) groups excluding carboxylic acids is 1. The van der Waals surface area contributed by atoms with E-state index in [1.165, 1.54) is 4.68 Å². The molecule has 0 saturated carbocycles. The van der Waals surface area contributed by atoms with Gasteiger partial charge in [-0.25, -0.2) is 4.68 Å². The summed E-state index contributed by atoms with van der Waals surface area (Å²) in [6.07, 6.45) is 0. The number of nitrogens with zero attached hydrogens (tertiary/aromatic N) is 2. The topological polar surface area (TPSA) is 55.1 Å². The Morgan fingerprint density at radius 3 is 2.17 bits per heavy atom. The number of rotatable bonds is 2. The number of ketones is 1. The maximum atomic E-state index is 12.4. The average Bonchev–Trinajstić information content (AvgIpc) is 2.51. The van der Waals surface area contributed by atoms with Crippen LogP contribution in [-0.2, 0) is 7.05 Å². The molecule has 0 fully saturated rings. The van der Waals surface area contributed by atoms with Crippen LogP contribution in [0.1, 0.15) is 32.7 Å². The molecule has 94 valence electrons. The number of carbonyl (C=O) groups is 1. The molecule has 2 aromatic rings. The summed E-state index contributed by atoms with van der Waals surface area (Å²) in [4.78, 5) is 12.4. The molecule has 0 aliphatic carbocycles. The maximum absolute atomic E-state index is 12.4. The number of hydrogen-bond donors (Lipinski definition) is 1. The van der Waals surface area contributed by atoms with Crippen molar-refractivity contribution in [2.45, 2.75) is 20.8 Å². The van der Waals surface area contributed by atoms with Gasteiger partial charge in [-0.15, -0.1) is 0 Å². The van der Waals surface area contributed by atoms with E-state index in [4.69, 9.17) is 0 Å². The molecule has 1 N–H and O–H groups in total. The quantitative estimate of drug-likeness (QED) is 0.824. The third kappa shape index (κ3) is 2.01. The van der Waals surface area contributed by atoms with Crippen LogP contribution in [-0.4, -0.2) is 20.7 Å². The lowest BCUT2D eigenvalue weighted by Gasteiger charge is -2.04. The van der Waals surface area contributed by atoms with E-state index in [2.05, 4.69) is 5.10 Å². The van der Waals surface area contributed by atoms with Gasteiger partial charge < -0.3 is 5.11 Å². The molecule has 0 atom stereocenters. The van der Waals surface area contributed by atoms with Crippen molar-refractivity contribution in [2.24, 2.45) is 7.05 Å². The SMILES string of the molecule is Cc1cc(C)cc(C(=O)c2c(C)nn(C)c2O)c1. The highest BCUT2D eigenvalue weighted by molar-refractivity contribution is 6.11. The summed E-state index contributed by atoms with van der Waals surface area (Å²) >= 11 is 0. The zero-order valence-electron chi connectivity index (χ0n) is 11.0. The molecule has 0 saturated heterocycles. The Labute approximate surface area is 106 Å². The van der Waals surface area contributed by atoms with Crippen LogP contribution >= 0.6 is 0 Å². The lowest BCUT2D eigenvalue weighted by molar-refractivity contribution is 0.103. The highest BCUT2D eigenvalue weighted by Crippen LogP contribution is 2.24. The van der Waals surface area contributed by atoms with Crippen LogP contribution in [0.2, 0.25) is 0 Å². The number of aromatic nitrogens is 2. The molecule has 0 radical (unpaired) electrons. The molecule has 1 aromatic carbocycles. The minimum atomic E-state index is -0.190. The second kappa shape index (κ2) is 4.29. The van der Waals surface area contributed by atoms with E-state index in [-0.39, 0.29) is 17.2 Å². The average molecular weight is 244 g/mol. The van der Waals surface area contributed by atoms with Gasteiger partial charge in [0.2, 0.25) is 5.88 Å². The second-order valence-electron chi connectivity index (χ2n) is 4.61. The predicted octanol–water partition coefficient (Wildman–Crippen LogP) is 2.28. The summed E-state index contributed by atoms with van der Waals surface area (Å²) in [5, 5.41) is 13.9. The van der Waals surface area contributed by atoms with E-state index in [1.54, 1.807) is 14.0 Å². The highest BCUT2D eigenvalue weighted by atomic mass is 16.3. The predicted molar refractivity (Wildman–Crippen MR) is 69.0 cm³/mol. The number of hydrogen-bond acceptors (Lipinski definition) is 3. The molecule has 4 heteroatoms. The first-order valence-corrected chi connectivity index (χ1v) is 5.75. The minimum Gasteiger partial charge on any atom is -0.493 e. The summed E-state index contributed by atoms with van der Waals surface area (Å²) in [5.74, 6) is -0.276. The Balaban J connectivity index is 2.54. The maximum Gasteiger partial charge on any atom is 0.220 e. The van der Waals surface area contributed by atoms with Crippen LogP contribution in [0, 0.1) is 20.8 Å². The van der Waals surface area contributed by atoms with Crippen molar-refractivity contribution in [3.63, 3.8) is 0 Å². The van der Waals surface area contributed by atoms with Gasteiger partial charge in [0, 0.05) is 12.6 Å². The summed E-state index contributed by atoms with van der Waals surface area (Å²) < 4.78 is 1.31. The van der Waals surface area contributed by atoms with Crippen molar-refractivity contribution in [3.8, 4) is 5.88 Å². The molecule has 0 spiro atoms. The van der Waals surface area contributed by atoms with Crippen LogP contribution < -0.4 is 0 Å². The van der Waals surface area contributed by atoms with Crippen molar-refractivity contribution in [1.82, 2.24) is 9.78 Å². The fourth-order valence-corrected chi connectivity index (χ4v) is 2.16. The molecule has 0 bridgehead atoms. The van der Waals surface area contributed by atoms with Gasteiger partial charge in [-0.3, -0.25) is 4.79 Å². The van der Waals surface area contributed by atoms with E-state index in [1.807, 2.05) is 32.0 Å². The van der Waals surface area contributed by atoms with Crippen molar-refractivity contribution in [3.05, 3.63) is 46.1 Å². The lowest BCUT2D eigenvalue weighted by atomic mass is 10.00. The number of aryl methyl sites for hydroxylation is 4. The minimum absolute atomic E-state index is 0.0864. The van der Waals surface area contributed by atoms with Gasteiger partial charge in [0.05, 0.1) is 5.69 Å². The van der Waals surface area contributed by atoms with Gasteiger partial charge >= 0.3 is 0 Å². The second-order valence-corrected chi connectivity index (χ2v) is 4.61. The molecular weight excluding hydrogens is 228 g/mol. The Hall–Kier alpha value is -2.10. The standard InChI is InChI=1S/C14H16N2O2/c1-8-5-9(2)7-11(6-8)13(17)12-10(3)15-16(4)14(12)18/h5-7,18H,1-4H3. The molecule has 0 aliphatic rings. The first-order valence-electron chi connectivity index (χ1n) is 5.75. The lowest BCUT2D eigenvalue weighted by Crippen LogP contribution is -2.03. The Bertz CT molecular complexity index is 607. The zero-order chi connectivity index (χ0) is 13.4. The molecule has 0 aliphatic heterocycles. The molecule has 1 aromatic heterocycles. The highest BCUT2D eigenvalue weighted by Gasteiger charge is 2.21. The van der Waals surface area contributed by atoms with Crippen LogP contribution in [0.4, 0.5) is 0 Å². The monoisotopic (exact) mass is 244 g/mol. The summed E-state index contributed by atoms with van der Waals surface area (Å²) in [5.41, 5.74) is 3.46. The first kappa shape index (κ1) is 12.4. The summed E-state index contributed by atoms with van der Waals surface area (Å²) in [7, 11) is 1.61. The van der Waals surface area contributed by atoms with Gasteiger partial charge in [0.1, 0.15) is 5.56 Å². The van der Waals surface area contributed by atoms with Gasteiger partial charge in [-0.05, 0) is 32.9 Å². The normalized spacial score (nSPS) is 10.7. The van der Waals surface area contributed by atoms with Crippen LogP contribution in [0.25, 0.3) is 0 Å². The van der Waals surface area contributed by atoms with Crippen LogP contribution in [0.3, 0.4) is 0 Å². The van der Waals surface area contributed by atoms with Crippen molar-refractivity contribution < 1.29 is 9.90 Å². The van der Waals surface area contributed by atoms with E-state index in [9.17, 15) is 9.90 Å².